The molecule has 0 saturated heterocycles. The SMILES string of the molecule is Cc1nnc(NC(=O)CCC(N)c2ccccc2)o1. The monoisotopic (exact) mass is 260 g/mol. The van der Waals surface area contributed by atoms with Crippen molar-refractivity contribution in [3.63, 3.8) is 0 Å². The number of nitrogens with zero attached hydrogens (tertiary/aromatic N) is 2. The minimum atomic E-state index is -0.185. The molecule has 1 amide bonds. The molecule has 2 rings (SSSR count). The normalized spacial score (nSPS) is 12.1. The highest BCUT2D eigenvalue weighted by Crippen LogP contribution is 2.15. The summed E-state index contributed by atoms with van der Waals surface area (Å²) in [5.74, 6) is 0.228. The van der Waals surface area contributed by atoms with Crippen LogP contribution < -0.4 is 11.1 Å². The molecule has 0 aliphatic heterocycles. The maximum absolute atomic E-state index is 11.7. The van der Waals surface area contributed by atoms with Crippen molar-refractivity contribution < 1.29 is 9.21 Å². The molecule has 1 unspecified atom stereocenters. The first-order valence-corrected chi connectivity index (χ1v) is 6.05. The van der Waals surface area contributed by atoms with Crippen LogP contribution in [0.3, 0.4) is 0 Å². The predicted molar refractivity (Wildman–Crippen MR) is 70.3 cm³/mol. The molecule has 100 valence electrons. The summed E-state index contributed by atoms with van der Waals surface area (Å²) in [4.78, 5) is 11.7. The lowest BCUT2D eigenvalue weighted by Crippen LogP contribution is -2.16. The van der Waals surface area contributed by atoms with Crippen LogP contribution in [0, 0.1) is 6.92 Å². The van der Waals surface area contributed by atoms with E-state index in [9.17, 15) is 4.79 Å². The number of carbonyl (C=O) groups excluding carboxylic acids is 1. The van der Waals surface area contributed by atoms with E-state index in [1.54, 1.807) is 6.92 Å². The Balaban J connectivity index is 1.80. The number of amides is 1. The summed E-state index contributed by atoms with van der Waals surface area (Å²) >= 11 is 0. The van der Waals surface area contributed by atoms with Crippen LogP contribution in [0.5, 0.6) is 0 Å². The molecule has 0 spiro atoms. The predicted octanol–water partition coefficient (Wildman–Crippen LogP) is 1.80. The highest BCUT2D eigenvalue weighted by Gasteiger charge is 2.11. The third-order valence-electron chi connectivity index (χ3n) is 2.68. The van der Waals surface area contributed by atoms with Gasteiger partial charge in [0.1, 0.15) is 0 Å². The molecular weight excluding hydrogens is 244 g/mol. The molecular formula is C13H16N4O2. The Morgan fingerprint density at radius 3 is 2.74 bits per heavy atom. The van der Waals surface area contributed by atoms with Crippen molar-refractivity contribution in [2.24, 2.45) is 5.73 Å². The molecule has 2 aromatic rings. The first-order chi connectivity index (χ1) is 9.15. The minimum Gasteiger partial charge on any atom is -0.408 e. The van der Waals surface area contributed by atoms with E-state index < -0.39 is 0 Å². The molecule has 0 radical (unpaired) electrons. The third kappa shape index (κ3) is 3.89. The molecule has 1 atom stereocenters. The number of anilines is 1. The van der Waals surface area contributed by atoms with E-state index in [1.165, 1.54) is 0 Å². The van der Waals surface area contributed by atoms with Crippen molar-refractivity contribution in [2.45, 2.75) is 25.8 Å². The molecule has 1 heterocycles. The van der Waals surface area contributed by atoms with Crippen LogP contribution >= 0.6 is 0 Å². The topological polar surface area (TPSA) is 94.0 Å². The van der Waals surface area contributed by atoms with Crippen molar-refractivity contribution in [3.05, 3.63) is 41.8 Å². The minimum absolute atomic E-state index is 0.121. The highest BCUT2D eigenvalue weighted by atomic mass is 16.4. The zero-order valence-corrected chi connectivity index (χ0v) is 10.7. The van der Waals surface area contributed by atoms with Gasteiger partial charge in [-0.3, -0.25) is 10.1 Å². The molecule has 0 aliphatic carbocycles. The summed E-state index contributed by atoms with van der Waals surface area (Å²) in [7, 11) is 0. The quantitative estimate of drug-likeness (QED) is 0.854. The number of carbonyl (C=O) groups is 1. The molecule has 0 saturated carbocycles. The second kappa shape index (κ2) is 6.10. The second-order valence-corrected chi connectivity index (χ2v) is 4.23. The summed E-state index contributed by atoms with van der Waals surface area (Å²) in [5, 5.41) is 9.85. The van der Waals surface area contributed by atoms with Crippen LogP contribution in [0.25, 0.3) is 0 Å². The number of rotatable bonds is 5. The number of hydrogen-bond donors (Lipinski definition) is 2. The second-order valence-electron chi connectivity index (χ2n) is 4.23. The molecule has 3 N–H and O–H groups in total. The molecule has 0 aliphatic rings. The zero-order valence-electron chi connectivity index (χ0n) is 10.7. The Bertz CT molecular complexity index is 539. The van der Waals surface area contributed by atoms with Crippen LogP contribution in [0.15, 0.2) is 34.7 Å². The van der Waals surface area contributed by atoms with Gasteiger partial charge in [-0.2, -0.15) is 0 Å². The summed E-state index contributed by atoms with van der Waals surface area (Å²) in [6.45, 7) is 1.66. The Labute approximate surface area is 111 Å². The van der Waals surface area contributed by atoms with Crippen molar-refractivity contribution in [3.8, 4) is 0 Å². The van der Waals surface area contributed by atoms with Gasteiger partial charge in [-0.05, 0) is 12.0 Å². The van der Waals surface area contributed by atoms with Gasteiger partial charge in [0.15, 0.2) is 0 Å². The fourth-order valence-corrected chi connectivity index (χ4v) is 1.68. The Morgan fingerprint density at radius 1 is 1.37 bits per heavy atom. The molecule has 6 nitrogen and oxygen atoms in total. The first-order valence-electron chi connectivity index (χ1n) is 6.05. The first kappa shape index (κ1) is 13.2. The smallest absolute Gasteiger partial charge is 0.322 e. The van der Waals surface area contributed by atoms with Crippen molar-refractivity contribution in [1.29, 1.82) is 0 Å². The Hall–Kier alpha value is -2.21. The number of nitrogens with one attached hydrogen (secondary N) is 1. The summed E-state index contributed by atoms with van der Waals surface area (Å²) in [6, 6.07) is 9.65. The Morgan fingerprint density at radius 2 is 2.11 bits per heavy atom. The van der Waals surface area contributed by atoms with Gasteiger partial charge in [0, 0.05) is 19.4 Å². The number of hydrogen-bond acceptors (Lipinski definition) is 5. The number of aromatic nitrogens is 2. The standard InChI is InChI=1S/C13H16N4O2/c1-9-16-17-13(19-9)15-12(18)8-7-11(14)10-5-3-2-4-6-10/h2-6,11H,7-8,14H2,1H3,(H,15,17,18). The van der Waals surface area contributed by atoms with Crippen molar-refractivity contribution in [2.75, 3.05) is 5.32 Å². The van der Waals surface area contributed by atoms with Crippen LogP contribution in [0.4, 0.5) is 6.01 Å². The number of nitrogens with two attached hydrogens (primary N) is 1. The van der Waals surface area contributed by atoms with Crippen molar-refractivity contribution >= 4 is 11.9 Å². The Kier molecular flexibility index (Phi) is 4.25. The largest absolute Gasteiger partial charge is 0.408 e. The maximum atomic E-state index is 11.7. The molecule has 6 heteroatoms. The van der Waals surface area contributed by atoms with Crippen LogP contribution in [0.2, 0.25) is 0 Å². The molecule has 1 aromatic carbocycles. The van der Waals surface area contributed by atoms with Gasteiger partial charge in [-0.25, -0.2) is 0 Å². The summed E-state index contributed by atoms with van der Waals surface area (Å²) in [5.41, 5.74) is 7.03. The van der Waals surface area contributed by atoms with E-state index in [0.29, 0.717) is 18.7 Å². The average Bonchev–Trinajstić information content (AvgIpc) is 2.82. The summed E-state index contributed by atoms with van der Waals surface area (Å²) < 4.78 is 5.06. The maximum Gasteiger partial charge on any atom is 0.322 e. The number of benzene rings is 1. The fraction of sp³-hybridized carbons (Fsp3) is 0.308. The lowest BCUT2D eigenvalue weighted by molar-refractivity contribution is -0.116. The van der Waals surface area contributed by atoms with E-state index in [4.69, 9.17) is 10.2 Å². The van der Waals surface area contributed by atoms with E-state index in [2.05, 4.69) is 15.5 Å². The van der Waals surface area contributed by atoms with Gasteiger partial charge in [0.05, 0.1) is 0 Å². The lowest BCUT2D eigenvalue weighted by Gasteiger charge is -2.10. The van der Waals surface area contributed by atoms with Gasteiger partial charge >= 0.3 is 6.01 Å². The summed E-state index contributed by atoms with van der Waals surface area (Å²) in [6.07, 6.45) is 0.862. The van der Waals surface area contributed by atoms with Crippen LogP contribution in [-0.4, -0.2) is 16.1 Å². The third-order valence-corrected chi connectivity index (χ3v) is 2.68. The van der Waals surface area contributed by atoms with E-state index >= 15 is 0 Å². The van der Waals surface area contributed by atoms with Gasteiger partial charge in [0.2, 0.25) is 11.8 Å². The molecule has 0 fully saturated rings. The van der Waals surface area contributed by atoms with Crippen LogP contribution in [0.1, 0.15) is 30.3 Å². The zero-order chi connectivity index (χ0) is 13.7. The van der Waals surface area contributed by atoms with Gasteiger partial charge < -0.3 is 10.2 Å². The fourth-order valence-electron chi connectivity index (χ4n) is 1.68. The van der Waals surface area contributed by atoms with E-state index in [-0.39, 0.29) is 18.0 Å². The van der Waals surface area contributed by atoms with Gasteiger partial charge in [-0.15, -0.1) is 5.10 Å². The van der Waals surface area contributed by atoms with Crippen molar-refractivity contribution in [1.82, 2.24) is 10.2 Å². The molecule has 1 aromatic heterocycles. The van der Waals surface area contributed by atoms with E-state index in [0.717, 1.165) is 5.56 Å². The lowest BCUT2D eigenvalue weighted by atomic mass is 10.0. The molecule has 0 bridgehead atoms. The van der Waals surface area contributed by atoms with Gasteiger partial charge in [-0.1, -0.05) is 35.4 Å². The van der Waals surface area contributed by atoms with Gasteiger partial charge in [0.25, 0.3) is 0 Å². The number of aryl methyl sites for hydroxylation is 1. The van der Waals surface area contributed by atoms with Crippen LogP contribution in [-0.2, 0) is 4.79 Å². The molecule has 19 heavy (non-hydrogen) atoms. The average molecular weight is 260 g/mol. The van der Waals surface area contributed by atoms with E-state index in [1.807, 2.05) is 30.3 Å². The highest BCUT2D eigenvalue weighted by molar-refractivity contribution is 5.88.